The summed E-state index contributed by atoms with van der Waals surface area (Å²) in [6, 6.07) is 17.1. The van der Waals surface area contributed by atoms with Crippen LogP contribution < -0.4 is 4.74 Å². The topological polar surface area (TPSA) is 15.7 Å². The molecule has 0 spiro atoms. The molecule has 2 fully saturated rings. The third kappa shape index (κ3) is 2.75. The van der Waals surface area contributed by atoms with Crippen molar-refractivity contribution in [2.24, 2.45) is 0 Å². The quantitative estimate of drug-likeness (QED) is 0.723. The van der Waals surface area contributed by atoms with Gasteiger partial charge in [-0.25, -0.2) is 0 Å². The molecule has 3 atom stereocenters. The van der Waals surface area contributed by atoms with Crippen LogP contribution in [0.1, 0.15) is 30.0 Å². The lowest BCUT2D eigenvalue weighted by molar-refractivity contribution is 0.0573. The second kappa shape index (κ2) is 6.59. The first-order valence-corrected chi connectivity index (χ1v) is 10.8. The number of benzene rings is 2. The van der Waals surface area contributed by atoms with Crippen molar-refractivity contribution < 1.29 is 4.74 Å². The number of nitrogens with zero attached hydrogens (tertiary/aromatic N) is 2. The first kappa shape index (κ1) is 16.7. The van der Waals surface area contributed by atoms with Gasteiger partial charge in [-0.05, 0) is 62.4 Å². The molecule has 0 N–H and O–H groups in total. The van der Waals surface area contributed by atoms with Crippen LogP contribution in [0, 0.1) is 0 Å². The van der Waals surface area contributed by atoms with Crippen LogP contribution in [0.15, 0.2) is 47.4 Å². The maximum absolute atomic E-state index is 6.37. The highest BCUT2D eigenvalue weighted by atomic mass is 32.2. The lowest BCUT2D eigenvalue weighted by Crippen LogP contribution is -2.53. The van der Waals surface area contributed by atoms with Gasteiger partial charge in [0, 0.05) is 41.7 Å². The number of thioether (sulfide) groups is 1. The summed E-state index contributed by atoms with van der Waals surface area (Å²) in [5.41, 5.74) is 2.68. The lowest BCUT2D eigenvalue weighted by atomic mass is 9.96. The van der Waals surface area contributed by atoms with Gasteiger partial charge in [0.2, 0.25) is 0 Å². The van der Waals surface area contributed by atoms with E-state index in [2.05, 4.69) is 65.6 Å². The van der Waals surface area contributed by atoms with Gasteiger partial charge in [-0.3, -0.25) is 9.80 Å². The van der Waals surface area contributed by atoms with Crippen LogP contribution in [0.2, 0.25) is 0 Å². The highest BCUT2D eigenvalue weighted by Gasteiger charge is 2.41. The van der Waals surface area contributed by atoms with E-state index in [-0.39, 0.29) is 0 Å². The average molecular weight is 367 g/mol. The van der Waals surface area contributed by atoms with E-state index in [9.17, 15) is 0 Å². The Labute approximate surface area is 160 Å². The Morgan fingerprint density at radius 3 is 2.54 bits per heavy atom. The second-order valence-electron chi connectivity index (χ2n) is 7.84. The van der Waals surface area contributed by atoms with E-state index in [1.165, 1.54) is 42.0 Å². The number of ether oxygens (including phenoxy) is 1. The fourth-order valence-electron chi connectivity index (χ4n) is 4.95. The van der Waals surface area contributed by atoms with Crippen molar-refractivity contribution >= 4 is 11.8 Å². The van der Waals surface area contributed by atoms with Crippen LogP contribution in [0.5, 0.6) is 11.5 Å². The zero-order valence-electron chi connectivity index (χ0n) is 15.5. The number of para-hydroxylation sites is 1. The third-order valence-electron chi connectivity index (χ3n) is 6.50. The summed E-state index contributed by atoms with van der Waals surface area (Å²) in [6.45, 7) is 2.34. The monoisotopic (exact) mass is 366 g/mol. The molecule has 26 heavy (non-hydrogen) atoms. The second-order valence-corrected chi connectivity index (χ2v) is 8.72. The van der Waals surface area contributed by atoms with Crippen molar-refractivity contribution in [3.8, 4) is 11.5 Å². The van der Waals surface area contributed by atoms with Crippen molar-refractivity contribution in [3.63, 3.8) is 0 Å². The van der Waals surface area contributed by atoms with Gasteiger partial charge in [0.05, 0.1) is 0 Å². The molecule has 2 aromatic carbocycles. The molecule has 5 rings (SSSR count). The molecule has 3 unspecified atom stereocenters. The molecule has 0 aromatic heterocycles. The highest BCUT2D eigenvalue weighted by Crippen LogP contribution is 2.43. The van der Waals surface area contributed by atoms with Gasteiger partial charge in [-0.2, -0.15) is 0 Å². The number of hydrogen-bond acceptors (Lipinski definition) is 4. The zero-order valence-corrected chi connectivity index (χ0v) is 16.3. The number of likely N-dealkylation sites (tertiary alicyclic amines) is 1. The summed E-state index contributed by atoms with van der Waals surface area (Å²) in [7, 11) is 2.31. The Hall–Kier alpha value is -1.49. The predicted molar refractivity (Wildman–Crippen MR) is 107 cm³/mol. The molecule has 3 nitrogen and oxygen atoms in total. The molecular weight excluding hydrogens is 340 g/mol. The Balaban J connectivity index is 1.55. The molecule has 136 valence electrons. The van der Waals surface area contributed by atoms with E-state index < -0.39 is 0 Å². The summed E-state index contributed by atoms with van der Waals surface area (Å²) < 4.78 is 6.37. The third-order valence-corrected chi connectivity index (χ3v) is 7.22. The van der Waals surface area contributed by atoms with E-state index in [0.29, 0.717) is 18.1 Å². The highest BCUT2D eigenvalue weighted by molar-refractivity contribution is 7.98. The van der Waals surface area contributed by atoms with Gasteiger partial charge in [0.25, 0.3) is 0 Å². The van der Waals surface area contributed by atoms with Crippen LogP contribution in [0.3, 0.4) is 0 Å². The number of fused-ring (bicyclic) bond motifs is 4. The SMILES string of the molecule is CSc1ccc2c(c1)CC(N1CC3CCC(C1)N3C)c1ccccc1O2. The van der Waals surface area contributed by atoms with Gasteiger partial charge < -0.3 is 4.74 Å². The zero-order chi connectivity index (χ0) is 17.7. The summed E-state index contributed by atoms with van der Waals surface area (Å²) in [5, 5.41) is 0. The Morgan fingerprint density at radius 2 is 1.77 bits per heavy atom. The minimum absolute atomic E-state index is 0.404. The normalized spacial score (nSPS) is 28.2. The molecule has 3 aliphatic heterocycles. The van der Waals surface area contributed by atoms with Crippen molar-refractivity contribution in [3.05, 3.63) is 53.6 Å². The Morgan fingerprint density at radius 1 is 1.00 bits per heavy atom. The molecule has 4 heteroatoms. The summed E-state index contributed by atoms with van der Waals surface area (Å²) >= 11 is 1.80. The molecule has 3 heterocycles. The first-order chi connectivity index (χ1) is 12.7. The summed E-state index contributed by atoms with van der Waals surface area (Å²) in [4.78, 5) is 6.65. The molecule has 0 radical (unpaired) electrons. The minimum atomic E-state index is 0.404. The average Bonchev–Trinajstić information content (AvgIpc) is 2.86. The van der Waals surface area contributed by atoms with Crippen LogP contribution >= 0.6 is 11.8 Å². The van der Waals surface area contributed by atoms with E-state index in [0.717, 1.165) is 17.9 Å². The van der Waals surface area contributed by atoms with Crippen LogP contribution in [0.25, 0.3) is 0 Å². The minimum Gasteiger partial charge on any atom is -0.457 e. The van der Waals surface area contributed by atoms with E-state index in [1.54, 1.807) is 11.8 Å². The Bertz CT molecular complexity index is 810. The maximum atomic E-state index is 6.37. The van der Waals surface area contributed by atoms with Gasteiger partial charge in [0.15, 0.2) is 0 Å². The number of hydrogen-bond donors (Lipinski definition) is 0. The molecule has 0 aliphatic carbocycles. The van der Waals surface area contributed by atoms with E-state index in [4.69, 9.17) is 4.74 Å². The summed E-state index contributed by atoms with van der Waals surface area (Å²) in [5.74, 6) is 2.05. The maximum Gasteiger partial charge on any atom is 0.132 e. The van der Waals surface area contributed by atoms with Crippen molar-refractivity contribution in [2.45, 2.75) is 42.3 Å². The van der Waals surface area contributed by atoms with Crippen LogP contribution in [0.4, 0.5) is 0 Å². The fraction of sp³-hybridized carbons (Fsp3) is 0.455. The number of rotatable bonds is 2. The van der Waals surface area contributed by atoms with Crippen LogP contribution in [-0.2, 0) is 6.42 Å². The largest absolute Gasteiger partial charge is 0.457 e. The van der Waals surface area contributed by atoms with E-state index in [1.807, 2.05) is 0 Å². The molecule has 2 bridgehead atoms. The van der Waals surface area contributed by atoms with Gasteiger partial charge in [-0.1, -0.05) is 18.2 Å². The molecule has 3 aliphatic rings. The molecule has 2 saturated heterocycles. The number of piperazine rings is 1. The molecule has 0 saturated carbocycles. The van der Waals surface area contributed by atoms with E-state index >= 15 is 0 Å². The molecule has 0 amide bonds. The number of likely N-dealkylation sites (N-methyl/N-ethyl adjacent to an activating group) is 1. The molecular formula is C22H26N2OS. The van der Waals surface area contributed by atoms with Crippen molar-refractivity contribution in [1.82, 2.24) is 9.80 Å². The predicted octanol–water partition coefficient (Wildman–Crippen LogP) is 4.58. The fourth-order valence-corrected chi connectivity index (χ4v) is 5.42. The van der Waals surface area contributed by atoms with Crippen LogP contribution in [-0.4, -0.2) is 48.3 Å². The molecule has 2 aromatic rings. The summed E-state index contributed by atoms with van der Waals surface area (Å²) in [6.07, 6.45) is 5.86. The first-order valence-electron chi connectivity index (χ1n) is 9.62. The van der Waals surface area contributed by atoms with Crippen molar-refractivity contribution in [1.29, 1.82) is 0 Å². The van der Waals surface area contributed by atoms with Gasteiger partial charge >= 0.3 is 0 Å². The standard InChI is InChI=1S/C22H26N2OS/c1-23-16-7-8-17(23)14-24(13-16)20-12-15-11-18(26-2)9-10-21(15)25-22-6-4-3-5-19(20)22/h3-6,9-11,16-17,20H,7-8,12-14H2,1-2H3. The van der Waals surface area contributed by atoms with Crippen molar-refractivity contribution in [2.75, 3.05) is 26.4 Å². The lowest BCUT2D eigenvalue weighted by Gasteiger charge is -2.42. The Kier molecular flexibility index (Phi) is 4.23. The van der Waals surface area contributed by atoms with Gasteiger partial charge in [-0.15, -0.1) is 11.8 Å². The smallest absolute Gasteiger partial charge is 0.132 e. The van der Waals surface area contributed by atoms with Gasteiger partial charge in [0.1, 0.15) is 11.5 Å².